The SMILES string of the molecule is CC(C)CC1NC(=O)C(C)N(CC2CCS(=O)(=O)C2)C1=O. The molecule has 0 aromatic carbocycles. The molecule has 3 atom stereocenters. The second kappa shape index (κ2) is 5.94. The van der Waals surface area contributed by atoms with E-state index in [9.17, 15) is 18.0 Å². The molecule has 0 bridgehead atoms. The van der Waals surface area contributed by atoms with Gasteiger partial charge in [0.25, 0.3) is 0 Å². The highest BCUT2D eigenvalue weighted by atomic mass is 32.2. The van der Waals surface area contributed by atoms with Crippen LogP contribution in [0.4, 0.5) is 0 Å². The van der Waals surface area contributed by atoms with E-state index >= 15 is 0 Å². The molecule has 0 aromatic heterocycles. The number of rotatable bonds is 4. The largest absolute Gasteiger partial charge is 0.343 e. The van der Waals surface area contributed by atoms with Crippen molar-refractivity contribution in [1.82, 2.24) is 10.2 Å². The molecule has 2 aliphatic heterocycles. The summed E-state index contributed by atoms with van der Waals surface area (Å²) in [6, 6.07) is -1.00. The number of carbonyl (C=O) groups excluding carboxylic acids is 2. The molecule has 0 radical (unpaired) electrons. The highest BCUT2D eigenvalue weighted by Crippen LogP contribution is 2.23. The van der Waals surface area contributed by atoms with Gasteiger partial charge in [-0.2, -0.15) is 0 Å². The molecule has 0 aliphatic carbocycles. The molecule has 1 N–H and O–H groups in total. The molecule has 0 aromatic rings. The Balaban J connectivity index is 2.08. The first-order chi connectivity index (χ1) is 9.69. The second-order valence-electron chi connectivity index (χ2n) is 6.63. The van der Waals surface area contributed by atoms with E-state index in [-0.39, 0.29) is 29.2 Å². The monoisotopic (exact) mass is 316 g/mol. The van der Waals surface area contributed by atoms with Gasteiger partial charge in [-0.1, -0.05) is 13.8 Å². The molecular weight excluding hydrogens is 292 g/mol. The van der Waals surface area contributed by atoms with Crippen molar-refractivity contribution in [2.75, 3.05) is 18.1 Å². The van der Waals surface area contributed by atoms with Crippen molar-refractivity contribution < 1.29 is 18.0 Å². The maximum Gasteiger partial charge on any atom is 0.245 e. The quantitative estimate of drug-likeness (QED) is 0.802. The van der Waals surface area contributed by atoms with Crippen molar-refractivity contribution in [3.8, 4) is 0 Å². The van der Waals surface area contributed by atoms with Gasteiger partial charge in [-0.15, -0.1) is 0 Å². The molecule has 21 heavy (non-hydrogen) atoms. The molecule has 3 unspecified atom stereocenters. The van der Waals surface area contributed by atoms with Gasteiger partial charge in [0.1, 0.15) is 12.1 Å². The average Bonchev–Trinajstić information content (AvgIpc) is 2.70. The number of hydrogen-bond acceptors (Lipinski definition) is 4. The van der Waals surface area contributed by atoms with E-state index < -0.39 is 21.9 Å². The minimum absolute atomic E-state index is 0.0491. The molecular formula is C14H24N2O4S. The Morgan fingerprint density at radius 1 is 1.33 bits per heavy atom. The fraction of sp³-hybridized carbons (Fsp3) is 0.857. The van der Waals surface area contributed by atoms with Gasteiger partial charge in [0.05, 0.1) is 11.5 Å². The number of amides is 2. The number of nitrogens with one attached hydrogen (secondary N) is 1. The fourth-order valence-electron chi connectivity index (χ4n) is 3.06. The minimum Gasteiger partial charge on any atom is -0.343 e. The predicted molar refractivity (Wildman–Crippen MR) is 79.3 cm³/mol. The van der Waals surface area contributed by atoms with Gasteiger partial charge in [-0.25, -0.2) is 8.42 Å². The Labute approximate surface area is 126 Å². The lowest BCUT2D eigenvalue weighted by Gasteiger charge is -2.39. The number of hydrogen-bond donors (Lipinski definition) is 1. The summed E-state index contributed by atoms with van der Waals surface area (Å²) in [5.41, 5.74) is 0. The Morgan fingerprint density at radius 2 is 2.00 bits per heavy atom. The fourth-order valence-corrected chi connectivity index (χ4v) is 4.91. The number of nitrogens with zero attached hydrogens (tertiary/aromatic N) is 1. The predicted octanol–water partition coefficient (Wildman–Crippen LogP) is 0.183. The summed E-state index contributed by atoms with van der Waals surface area (Å²) < 4.78 is 23.1. The normalized spacial score (nSPS) is 32.6. The molecule has 2 saturated heterocycles. The summed E-state index contributed by atoms with van der Waals surface area (Å²) in [4.78, 5) is 26.1. The minimum atomic E-state index is -2.97. The van der Waals surface area contributed by atoms with Crippen LogP contribution in [0, 0.1) is 11.8 Å². The number of carbonyl (C=O) groups is 2. The van der Waals surface area contributed by atoms with E-state index in [2.05, 4.69) is 5.32 Å². The van der Waals surface area contributed by atoms with Crippen LogP contribution in [0.1, 0.15) is 33.6 Å². The Morgan fingerprint density at radius 3 is 2.52 bits per heavy atom. The molecule has 2 amide bonds. The van der Waals surface area contributed by atoms with Crippen LogP contribution >= 0.6 is 0 Å². The van der Waals surface area contributed by atoms with Crippen LogP contribution in [-0.4, -0.2) is 55.3 Å². The van der Waals surface area contributed by atoms with Crippen LogP contribution in [0.25, 0.3) is 0 Å². The van der Waals surface area contributed by atoms with Gasteiger partial charge in [-0.05, 0) is 31.6 Å². The molecule has 0 spiro atoms. The van der Waals surface area contributed by atoms with Gasteiger partial charge in [0.2, 0.25) is 11.8 Å². The van der Waals surface area contributed by atoms with Gasteiger partial charge in [0.15, 0.2) is 9.84 Å². The van der Waals surface area contributed by atoms with Crippen molar-refractivity contribution in [2.45, 2.75) is 45.7 Å². The highest BCUT2D eigenvalue weighted by Gasteiger charge is 2.40. The molecule has 2 rings (SSSR count). The van der Waals surface area contributed by atoms with Crippen LogP contribution in [-0.2, 0) is 19.4 Å². The molecule has 0 saturated carbocycles. The Kier molecular flexibility index (Phi) is 4.60. The zero-order chi connectivity index (χ0) is 15.8. The van der Waals surface area contributed by atoms with Crippen molar-refractivity contribution in [1.29, 1.82) is 0 Å². The third-order valence-electron chi connectivity index (χ3n) is 4.23. The first-order valence-electron chi connectivity index (χ1n) is 7.51. The van der Waals surface area contributed by atoms with Crippen LogP contribution in [0.5, 0.6) is 0 Å². The van der Waals surface area contributed by atoms with Crippen LogP contribution in [0.2, 0.25) is 0 Å². The van der Waals surface area contributed by atoms with Crippen molar-refractivity contribution >= 4 is 21.7 Å². The summed E-state index contributed by atoms with van der Waals surface area (Å²) >= 11 is 0. The number of piperazine rings is 1. The van der Waals surface area contributed by atoms with Crippen LogP contribution in [0.15, 0.2) is 0 Å². The standard InChI is InChI=1S/C14H24N2O4S/c1-9(2)6-12-14(18)16(10(3)13(17)15-12)7-11-4-5-21(19,20)8-11/h9-12H,4-8H2,1-3H3,(H,15,17). The summed E-state index contributed by atoms with van der Waals surface area (Å²) in [6.07, 6.45) is 1.19. The van der Waals surface area contributed by atoms with Crippen molar-refractivity contribution in [2.24, 2.45) is 11.8 Å². The van der Waals surface area contributed by atoms with Crippen LogP contribution < -0.4 is 5.32 Å². The summed E-state index contributed by atoms with van der Waals surface area (Å²) in [5, 5.41) is 2.77. The molecule has 2 heterocycles. The van der Waals surface area contributed by atoms with Crippen molar-refractivity contribution in [3.05, 3.63) is 0 Å². The zero-order valence-electron chi connectivity index (χ0n) is 12.8. The van der Waals surface area contributed by atoms with Gasteiger partial charge in [-0.3, -0.25) is 9.59 Å². The molecule has 2 fully saturated rings. The first-order valence-corrected chi connectivity index (χ1v) is 9.33. The average molecular weight is 316 g/mol. The lowest BCUT2D eigenvalue weighted by molar-refractivity contribution is -0.149. The van der Waals surface area contributed by atoms with Gasteiger partial charge in [0, 0.05) is 6.54 Å². The number of sulfone groups is 1. The van der Waals surface area contributed by atoms with E-state index in [4.69, 9.17) is 0 Å². The van der Waals surface area contributed by atoms with Gasteiger partial charge >= 0.3 is 0 Å². The van der Waals surface area contributed by atoms with E-state index in [1.165, 1.54) is 0 Å². The maximum absolute atomic E-state index is 12.5. The molecule has 2 aliphatic rings. The topological polar surface area (TPSA) is 83.6 Å². The smallest absolute Gasteiger partial charge is 0.245 e. The highest BCUT2D eigenvalue weighted by molar-refractivity contribution is 7.91. The Hall–Kier alpha value is -1.11. The Bertz CT molecular complexity index is 529. The third kappa shape index (κ3) is 3.75. The zero-order valence-corrected chi connectivity index (χ0v) is 13.6. The van der Waals surface area contributed by atoms with Crippen LogP contribution in [0.3, 0.4) is 0 Å². The lowest BCUT2D eigenvalue weighted by Crippen LogP contribution is -2.63. The molecule has 6 nitrogen and oxygen atoms in total. The first kappa shape index (κ1) is 16.3. The van der Waals surface area contributed by atoms with E-state index in [1.54, 1.807) is 11.8 Å². The second-order valence-corrected chi connectivity index (χ2v) is 8.86. The summed E-state index contributed by atoms with van der Waals surface area (Å²) in [5.74, 6) is 0.338. The molecule has 120 valence electrons. The third-order valence-corrected chi connectivity index (χ3v) is 6.07. The molecule has 7 heteroatoms. The maximum atomic E-state index is 12.5. The van der Waals surface area contributed by atoms with E-state index in [0.717, 1.165) is 0 Å². The summed E-state index contributed by atoms with van der Waals surface area (Å²) in [6.45, 7) is 6.07. The van der Waals surface area contributed by atoms with E-state index in [1.807, 2.05) is 13.8 Å². The lowest BCUT2D eigenvalue weighted by atomic mass is 9.97. The summed E-state index contributed by atoms with van der Waals surface area (Å²) in [7, 11) is -2.97. The van der Waals surface area contributed by atoms with Gasteiger partial charge < -0.3 is 10.2 Å². The van der Waals surface area contributed by atoms with E-state index in [0.29, 0.717) is 25.3 Å². The van der Waals surface area contributed by atoms with Crippen molar-refractivity contribution in [3.63, 3.8) is 0 Å².